The Morgan fingerprint density at radius 1 is 1.00 bits per heavy atom. The number of ether oxygens (including phenoxy) is 1. The molecule has 162 valence electrons. The van der Waals surface area contributed by atoms with Gasteiger partial charge in [-0.05, 0) is 55.0 Å². The number of unbranched alkanes of at least 4 members (excludes halogenated alkanes) is 2. The van der Waals surface area contributed by atoms with Crippen molar-refractivity contribution in [2.45, 2.75) is 26.2 Å². The van der Waals surface area contributed by atoms with Crippen LogP contribution in [0.1, 0.15) is 36.5 Å². The van der Waals surface area contributed by atoms with Gasteiger partial charge in [-0.25, -0.2) is 0 Å². The third-order valence-electron chi connectivity index (χ3n) is 4.70. The van der Waals surface area contributed by atoms with Crippen LogP contribution in [0.2, 0.25) is 0 Å². The fourth-order valence-electron chi connectivity index (χ4n) is 2.89. The number of aromatic nitrogens is 2. The minimum atomic E-state index is -0.164. The van der Waals surface area contributed by atoms with Crippen LogP contribution in [0.4, 0.5) is 22.9 Å². The first-order chi connectivity index (χ1) is 15.0. The van der Waals surface area contributed by atoms with Gasteiger partial charge in [0.2, 0.25) is 0 Å². The minimum absolute atomic E-state index is 0.164. The van der Waals surface area contributed by atoms with E-state index < -0.39 is 0 Å². The second-order valence-corrected chi connectivity index (χ2v) is 7.43. The predicted octanol–water partition coefficient (Wildman–Crippen LogP) is 5.11. The number of benzene rings is 2. The summed E-state index contributed by atoms with van der Waals surface area (Å²) in [6.07, 6.45) is 5.06. The molecular weight excluding hydrogens is 390 g/mol. The first-order valence-corrected chi connectivity index (χ1v) is 10.5. The van der Waals surface area contributed by atoms with Crippen LogP contribution in [0, 0.1) is 0 Å². The first-order valence-electron chi connectivity index (χ1n) is 10.5. The molecule has 0 fully saturated rings. The highest BCUT2D eigenvalue weighted by Gasteiger charge is 2.07. The zero-order valence-electron chi connectivity index (χ0n) is 18.3. The van der Waals surface area contributed by atoms with E-state index in [4.69, 9.17) is 4.74 Å². The lowest BCUT2D eigenvalue weighted by molar-refractivity contribution is 0.102. The predicted molar refractivity (Wildman–Crippen MR) is 125 cm³/mol. The van der Waals surface area contributed by atoms with Crippen LogP contribution in [0.15, 0.2) is 60.8 Å². The molecule has 7 nitrogen and oxygen atoms in total. The van der Waals surface area contributed by atoms with Crippen molar-refractivity contribution in [2.24, 2.45) is 0 Å². The molecule has 0 aliphatic rings. The zero-order valence-corrected chi connectivity index (χ0v) is 18.3. The van der Waals surface area contributed by atoms with E-state index in [2.05, 4.69) is 27.8 Å². The van der Waals surface area contributed by atoms with E-state index in [0.29, 0.717) is 23.7 Å². The maximum atomic E-state index is 12.5. The Hall–Kier alpha value is -3.61. The highest BCUT2D eigenvalue weighted by Crippen LogP contribution is 2.21. The molecule has 3 aromatic rings. The van der Waals surface area contributed by atoms with Crippen molar-refractivity contribution in [1.29, 1.82) is 0 Å². The largest absolute Gasteiger partial charge is 0.494 e. The number of hydrogen-bond acceptors (Lipinski definition) is 6. The first kappa shape index (κ1) is 22.1. The van der Waals surface area contributed by atoms with Crippen LogP contribution >= 0.6 is 0 Å². The van der Waals surface area contributed by atoms with E-state index in [0.717, 1.165) is 36.4 Å². The number of nitrogens with one attached hydrogen (secondary N) is 2. The number of rotatable bonds is 10. The fraction of sp³-hybridized carbons (Fsp3) is 0.292. The van der Waals surface area contributed by atoms with Crippen molar-refractivity contribution < 1.29 is 9.53 Å². The molecule has 3 rings (SSSR count). The Morgan fingerprint density at radius 2 is 1.71 bits per heavy atom. The molecule has 1 amide bonds. The third-order valence-corrected chi connectivity index (χ3v) is 4.70. The number of nitrogens with zero attached hydrogens (tertiary/aromatic N) is 3. The molecule has 1 aromatic heterocycles. The van der Waals surface area contributed by atoms with Gasteiger partial charge < -0.3 is 20.3 Å². The van der Waals surface area contributed by atoms with Crippen molar-refractivity contribution in [3.63, 3.8) is 0 Å². The van der Waals surface area contributed by atoms with E-state index >= 15 is 0 Å². The molecule has 0 atom stereocenters. The molecule has 0 saturated carbocycles. The molecule has 0 aliphatic carbocycles. The van der Waals surface area contributed by atoms with Gasteiger partial charge in [0.05, 0.1) is 18.5 Å². The summed E-state index contributed by atoms with van der Waals surface area (Å²) in [5, 5.41) is 14.2. The Labute approximate surface area is 183 Å². The van der Waals surface area contributed by atoms with E-state index in [-0.39, 0.29) is 5.91 Å². The Morgan fingerprint density at radius 3 is 2.39 bits per heavy atom. The Bertz CT molecular complexity index is 972. The zero-order chi connectivity index (χ0) is 22.1. The number of hydrogen-bond donors (Lipinski definition) is 2. The summed E-state index contributed by atoms with van der Waals surface area (Å²) in [5.41, 5.74) is 3.11. The summed E-state index contributed by atoms with van der Waals surface area (Å²) in [6, 6.07) is 16.6. The van der Waals surface area contributed by atoms with Crippen LogP contribution in [-0.4, -0.2) is 36.8 Å². The maximum absolute atomic E-state index is 12.5. The second kappa shape index (κ2) is 11.0. The number of anilines is 4. The molecule has 0 unspecified atom stereocenters. The van der Waals surface area contributed by atoms with Crippen LogP contribution in [0.3, 0.4) is 0 Å². The highest BCUT2D eigenvalue weighted by molar-refractivity contribution is 6.04. The molecule has 7 heteroatoms. The standard InChI is InChI=1S/C24H29N5O2/c1-4-5-6-15-31-22-13-7-18(8-14-22)24(30)27-20-11-9-19(10-12-20)26-23-16-21(29(2)3)17-25-28-23/h7-14,16-17H,4-6,15H2,1-3H3,(H,26,28)(H,27,30). The molecule has 0 bridgehead atoms. The van der Waals surface area contributed by atoms with E-state index in [1.54, 1.807) is 18.3 Å². The number of carbonyl (C=O) groups is 1. The summed E-state index contributed by atoms with van der Waals surface area (Å²) < 4.78 is 5.69. The lowest BCUT2D eigenvalue weighted by Gasteiger charge is -2.13. The molecule has 2 N–H and O–H groups in total. The van der Waals surface area contributed by atoms with Gasteiger partial charge in [-0.3, -0.25) is 4.79 Å². The summed E-state index contributed by atoms with van der Waals surface area (Å²) >= 11 is 0. The third kappa shape index (κ3) is 6.70. The lowest BCUT2D eigenvalue weighted by Crippen LogP contribution is -2.11. The highest BCUT2D eigenvalue weighted by atomic mass is 16.5. The van der Waals surface area contributed by atoms with Gasteiger partial charge in [-0.2, -0.15) is 5.10 Å². The minimum Gasteiger partial charge on any atom is -0.494 e. The quantitative estimate of drug-likeness (QED) is 0.445. The summed E-state index contributed by atoms with van der Waals surface area (Å²) in [4.78, 5) is 14.5. The second-order valence-electron chi connectivity index (χ2n) is 7.43. The molecular formula is C24H29N5O2. The molecule has 31 heavy (non-hydrogen) atoms. The van der Waals surface area contributed by atoms with Crippen LogP contribution in [0.25, 0.3) is 0 Å². The van der Waals surface area contributed by atoms with Crippen LogP contribution in [0.5, 0.6) is 5.75 Å². The normalized spacial score (nSPS) is 10.4. The molecule has 0 radical (unpaired) electrons. The van der Waals surface area contributed by atoms with Crippen LogP contribution < -0.4 is 20.3 Å². The van der Waals surface area contributed by atoms with Crippen molar-refractivity contribution in [2.75, 3.05) is 36.2 Å². The Kier molecular flexibility index (Phi) is 7.81. The lowest BCUT2D eigenvalue weighted by atomic mass is 10.2. The van der Waals surface area contributed by atoms with Crippen molar-refractivity contribution in [3.8, 4) is 5.75 Å². The Balaban J connectivity index is 1.54. The van der Waals surface area contributed by atoms with E-state index in [1.165, 1.54) is 0 Å². The van der Waals surface area contributed by atoms with Gasteiger partial charge in [0.25, 0.3) is 5.91 Å². The van der Waals surface area contributed by atoms with Gasteiger partial charge in [0, 0.05) is 37.1 Å². The SMILES string of the molecule is CCCCCOc1ccc(C(=O)Nc2ccc(Nc3cc(N(C)C)cnn3)cc2)cc1. The van der Waals surface area contributed by atoms with Gasteiger partial charge >= 0.3 is 0 Å². The number of amides is 1. The molecule has 0 aliphatic heterocycles. The maximum Gasteiger partial charge on any atom is 0.255 e. The van der Waals surface area contributed by atoms with Crippen molar-refractivity contribution >= 4 is 28.8 Å². The van der Waals surface area contributed by atoms with E-state index in [9.17, 15) is 4.79 Å². The molecule has 1 heterocycles. The summed E-state index contributed by atoms with van der Waals surface area (Å²) in [6.45, 7) is 2.86. The summed E-state index contributed by atoms with van der Waals surface area (Å²) in [5.74, 6) is 1.27. The topological polar surface area (TPSA) is 79.4 Å². The summed E-state index contributed by atoms with van der Waals surface area (Å²) in [7, 11) is 3.90. The monoisotopic (exact) mass is 419 g/mol. The molecule has 2 aromatic carbocycles. The smallest absolute Gasteiger partial charge is 0.255 e. The van der Waals surface area contributed by atoms with Crippen molar-refractivity contribution in [3.05, 3.63) is 66.4 Å². The number of carbonyl (C=O) groups excluding carboxylic acids is 1. The fourth-order valence-corrected chi connectivity index (χ4v) is 2.89. The van der Waals surface area contributed by atoms with Gasteiger partial charge in [0.1, 0.15) is 5.75 Å². The van der Waals surface area contributed by atoms with Crippen LogP contribution in [-0.2, 0) is 0 Å². The molecule has 0 spiro atoms. The molecule has 0 saturated heterocycles. The van der Waals surface area contributed by atoms with Gasteiger partial charge in [-0.1, -0.05) is 19.8 Å². The average Bonchev–Trinajstić information content (AvgIpc) is 2.78. The van der Waals surface area contributed by atoms with Gasteiger partial charge in [-0.15, -0.1) is 5.10 Å². The van der Waals surface area contributed by atoms with Crippen molar-refractivity contribution in [1.82, 2.24) is 10.2 Å². The van der Waals surface area contributed by atoms with Gasteiger partial charge in [0.15, 0.2) is 5.82 Å². The average molecular weight is 420 g/mol. The van der Waals surface area contributed by atoms with E-state index in [1.807, 2.05) is 61.5 Å².